The summed E-state index contributed by atoms with van der Waals surface area (Å²) in [6, 6.07) is 23.6. The van der Waals surface area contributed by atoms with Gasteiger partial charge in [-0.25, -0.2) is 23.3 Å². The van der Waals surface area contributed by atoms with Crippen LogP contribution in [0, 0.1) is 0 Å². The van der Waals surface area contributed by atoms with Crippen LogP contribution in [-0.4, -0.2) is 27.2 Å². The molecule has 6 rings (SSSR count). The Balaban J connectivity index is 1.44. The molecular weight excluding hydrogens is 384 g/mol. The van der Waals surface area contributed by atoms with Crippen molar-refractivity contribution in [2.75, 3.05) is 13.1 Å². The molecule has 0 saturated carbocycles. The molecule has 6 nitrogen and oxygen atoms in total. The van der Waals surface area contributed by atoms with Gasteiger partial charge < -0.3 is 5.32 Å². The molecule has 5 aromatic rings. The number of nitrogens with zero attached hydrogens (tertiary/aromatic N) is 5. The van der Waals surface area contributed by atoms with Crippen LogP contribution in [-0.2, 0) is 26.2 Å². The number of rotatable bonds is 0. The number of hydrogen-bond acceptors (Lipinski definition) is 2. The van der Waals surface area contributed by atoms with Gasteiger partial charge in [-0.1, -0.05) is 30.3 Å². The van der Waals surface area contributed by atoms with E-state index in [2.05, 4.69) is 103 Å². The van der Waals surface area contributed by atoms with Crippen molar-refractivity contribution in [3.8, 4) is 0 Å². The van der Waals surface area contributed by atoms with Crippen molar-refractivity contribution in [1.29, 1.82) is 0 Å². The van der Waals surface area contributed by atoms with Gasteiger partial charge in [0.1, 0.15) is 26.2 Å². The van der Waals surface area contributed by atoms with E-state index in [9.17, 15) is 0 Å². The van der Waals surface area contributed by atoms with Crippen LogP contribution in [0.5, 0.6) is 0 Å². The molecule has 1 aliphatic heterocycles. The van der Waals surface area contributed by atoms with Crippen molar-refractivity contribution >= 4 is 22.1 Å². The van der Waals surface area contributed by atoms with Gasteiger partial charge in [0.2, 0.25) is 12.7 Å². The second-order valence-electron chi connectivity index (χ2n) is 8.22. The van der Waals surface area contributed by atoms with Gasteiger partial charge >= 0.3 is 0 Å². The lowest BCUT2D eigenvalue weighted by molar-refractivity contribution is -0.665. The summed E-state index contributed by atoms with van der Waals surface area (Å²) in [5.74, 6) is 0. The number of benzene rings is 2. The summed E-state index contributed by atoms with van der Waals surface area (Å²) in [4.78, 5) is 5.01. The molecule has 1 aliphatic rings. The number of pyridine rings is 1. The Morgan fingerprint density at radius 1 is 0.645 bits per heavy atom. The molecule has 0 radical (unpaired) electrons. The Kier molecular flexibility index (Phi) is 4.50. The van der Waals surface area contributed by atoms with E-state index < -0.39 is 0 Å². The zero-order chi connectivity index (χ0) is 20.6. The second-order valence-corrected chi connectivity index (χ2v) is 8.22. The Morgan fingerprint density at radius 2 is 1.16 bits per heavy atom. The fraction of sp³-hybridized carbons (Fsp3) is 0.240. The van der Waals surface area contributed by atoms with Crippen molar-refractivity contribution in [3.63, 3.8) is 0 Å². The standard InChI is InChI=1S/C25H26N6/c1-3-10-24-22(8-1)28-14-12-26-13-15-29-19-31(25-11-4-2-9-23(25)29)17-21-7-5-6-20(27-21)16-30(24)18-28/h1-11,18-19,26H,12-17H2/q+2. The van der Waals surface area contributed by atoms with Crippen LogP contribution < -0.4 is 14.5 Å². The summed E-state index contributed by atoms with van der Waals surface area (Å²) in [6.07, 6.45) is 4.46. The molecule has 6 heteroatoms. The molecule has 6 bridgehead atoms. The highest BCUT2D eigenvalue weighted by molar-refractivity contribution is 5.72. The molecule has 2 aromatic carbocycles. The molecule has 0 fully saturated rings. The fourth-order valence-corrected chi connectivity index (χ4v) is 4.67. The molecule has 0 spiro atoms. The van der Waals surface area contributed by atoms with Crippen molar-refractivity contribution in [2.24, 2.45) is 0 Å². The van der Waals surface area contributed by atoms with E-state index >= 15 is 0 Å². The van der Waals surface area contributed by atoms with Crippen LogP contribution in [0.15, 0.2) is 79.4 Å². The number of aromatic nitrogens is 5. The first-order valence-electron chi connectivity index (χ1n) is 11.0. The topological polar surface area (TPSA) is 42.5 Å². The highest BCUT2D eigenvalue weighted by atomic mass is 15.2. The smallest absolute Gasteiger partial charge is 0.245 e. The number of nitrogens with one attached hydrogen (secondary N) is 1. The first-order valence-corrected chi connectivity index (χ1v) is 11.0. The predicted molar refractivity (Wildman–Crippen MR) is 120 cm³/mol. The van der Waals surface area contributed by atoms with E-state index in [0.717, 1.165) is 50.7 Å². The Morgan fingerprint density at radius 3 is 1.71 bits per heavy atom. The second kappa shape index (κ2) is 7.63. The normalized spacial score (nSPS) is 14.8. The van der Waals surface area contributed by atoms with E-state index in [1.165, 1.54) is 22.1 Å². The lowest BCUT2D eigenvalue weighted by atomic mass is 10.2. The molecule has 3 aromatic heterocycles. The molecule has 1 N–H and O–H groups in total. The lowest BCUT2D eigenvalue weighted by Crippen LogP contribution is -2.35. The Labute approximate surface area is 181 Å². The van der Waals surface area contributed by atoms with E-state index in [4.69, 9.17) is 4.98 Å². The van der Waals surface area contributed by atoms with E-state index in [1.54, 1.807) is 0 Å². The van der Waals surface area contributed by atoms with E-state index in [1.807, 2.05) is 0 Å². The van der Waals surface area contributed by atoms with Crippen molar-refractivity contribution in [1.82, 2.24) is 19.4 Å². The maximum Gasteiger partial charge on any atom is 0.245 e. The van der Waals surface area contributed by atoms with Gasteiger partial charge in [0.05, 0.1) is 11.4 Å². The maximum atomic E-state index is 5.01. The number of hydrogen-bond donors (Lipinski definition) is 1. The molecule has 31 heavy (non-hydrogen) atoms. The molecule has 0 amide bonds. The first kappa shape index (κ1) is 18.3. The Hall–Kier alpha value is -3.51. The van der Waals surface area contributed by atoms with Crippen LogP contribution in [0.3, 0.4) is 0 Å². The fourth-order valence-electron chi connectivity index (χ4n) is 4.67. The molecule has 0 saturated heterocycles. The molecule has 0 unspecified atom stereocenters. The van der Waals surface area contributed by atoms with Crippen LogP contribution in [0.2, 0.25) is 0 Å². The van der Waals surface area contributed by atoms with E-state index in [-0.39, 0.29) is 0 Å². The van der Waals surface area contributed by atoms with Gasteiger partial charge in [0, 0.05) is 13.1 Å². The summed E-state index contributed by atoms with van der Waals surface area (Å²) in [5.41, 5.74) is 7.19. The summed E-state index contributed by atoms with van der Waals surface area (Å²) in [6.45, 7) is 5.28. The lowest BCUT2D eigenvalue weighted by Gasteiger charge is -2.03. The van der Waals surface area contributed by atoms with E-state index in [0.29, 0.717) is 0 Å². The Bertz CT molecular complexity index is 1280. The quantitative estimate of drug-likeness (QED) is 0.398. The zero-order valence-corrected chi connectivity index (χ0v) is 17.5. The average Bonchev–Trinajstić information content (AvgIpc) is 3.32. The average molecular weight is 411 g/mol. The largest absolute Gasteiger partial charge is 0.309 e. The summed E-state index contributed by atoms with van der Waals surface area (Å²) < 4.78 is 9.31. The van der Waals surface area contributed by atoms with Gasteiger partial charge in [0.25, 0.3) is 0 Å². The van der Waals surface area contributed by atoms with Crippen LogP contribution >= 0.6 is 0 Å². The van der Waals surface area contributed by atoms with Crippen molar-refractivity contribution < 1.29 is 9.13 Å². The van der Waals surface area contributed by atoms with Crippen molar-refractivity contribution in [2.45, 2.75) is 26.2 Å². The highest BCUT2D eigenvalue weighted by Gasteiger charge is 2.18. The van der Waals surface area contributed by atoms with Gasteiger partial charge in [0.15, 0.2) is 22.1 Å². The first-order chi connectivity index (χ1) is 15.3. The number of fused-ring (bicyclic) bond motifs is 12. The predicted octanol–water partition coefficient (Wildman–Crippen LogP) is 2.27. The van der Waals surface area contributed by atoms with Crippen molar-refractivity contribution in [3.05, 3.63) is 90.8 Å². The zero-order valence-electron chi connectivity index (χ0n) is 17.5. The highest BCUT2D eigenvalue weighted by Crippen LogP contribution is 2.13. The van der Waals surface area contributed by atoms with Gasteiger partial charge in [-0.05, 0) is 36.4 Å². The third kappa shape index (κ3) is 3.39. The minimum Gasteiger partial charge on any atom is -0.309 e. The molecule has 154 valence electrons. The van der Waals surface area contributed by atoms with Gasteiger partial charge in [-0.3, -0.25) is 0 Å². The van der Waals surface area contributed by atoms with Crippen LogP contribution in [0.25, 0.3) is 22.1 Å². The third-order valence-corrected chi connectivity index (χ3v) is 6.15. The minimum atomic E-state index is 0.765. The monoisotopic (exact) mass is 410 g/mol. The molecule has 4 heterocycles. The summed E-state index contributed by atoms with van der Waals surface area (Å²) in [7, 11) is 0. The number of imidazole rings is 2. The van der Waals surface area contributed by atoms with Crippen LogP contribution in [0.4, 0.5) is 0 Å². The SMILES string of the molecule is c1cc2nc(c1)C[n+]1cn(c3ccccc31)CCNCCn1c[n+](c3ccccc31)C2. The van der Waals surface area contributed by atoms with Gasteiger partial charge in [-0.15, -0.1) is 0 Å². The van der Waals surface area contributed by atoms with Crippen LogP contribution in [0.1, 0.15) is 11.4 Å². The van der Waals surface area contributed by atoms with Gasteiger partial charge in [-0.2, -0.15) is 0 Å². The summed E-state index contributed by atoms with van der Waals surface area (Å²) >= 11 is 0. The molecule has 0 aliphatic carbocycles. The molecular formula is C25H26N6+2. The molecule has 0 atom stereocenters. The third-order valence-electron chi connectivity index (χ3n) is 6.15. The minimum absolute atomic E-state index is 0.765. The number of para-hydroxylation sites is 4. The maximum absolute atomic E-state index is 5.01. The summed E-state index contributed by atoms with van der Waals surface area (Å²) in [5, 5.41) is 3.63.